The second-order valence-corrected chi connectivity index (χ2v) is 12.8. The van der Waals surface area contributed by atoms with Gasteiger partial charge < -0.3 is 36.0 Å². The van der Waals surface area contributed by atoms with Crippen LogP contribution >= 0.6 is 0 Å². The number of ketones is 4. The molecule has 1 aromatic rings. The number of carbonyl (C=O) groups excluding carboxylic acids is 5. The molecule has 51 heavy (non-hydrogen) atoms. The molecule has 0 saturated carbocycles. The molecule has 0 fully saturated rings. The van der Waals surface area contributed by atoms with Crippen molar-refractivity contribution in [3.05, 3.63) is 106 Å². The van der Waals surface area contributed by atoms with Crippen LogP contribution in [0.15, 0.2) is 83.7 Å². The number of aromatic hydroxyl groups is 1. The molecule has 0 aromatic heterocycles. The molecule has 0 radical (unpaired) electrons. The van der Waals surface area contributed by atoms with Crippen molar-refractivity contribution in [1.82, 2.24) is 5.32 Å². The molecule has 6 atom stereocenters. The molecule has 4 bridgehead atoms. The number of carbonyl (C=O) groups is 5. The van der Waals surface area contributed by atoms with Gasteiger partial charge in [0.05, 0.1) is 36.0 Å². The molecular weight excluding hydrogens is 658 g/mol. The number of nitrogens with one attached hydrogen (secondary N) is 1. The quantitative estimate of drug-likeness (QED) is 0.166. The number of benzene rings is 1. The number of phenolic OH excluding ortho intramolecular Hbond substituents is 1. The lowest BCUT2D eigenvalue weighted by Crippen LogP contribution is -2.35. The van der Waals surface area contributed by atoms with E-state index in [4.69, 9.17) is 0 Å². The fourth-order valence-electron chi connectivity index (χ4n) is 5.53. The number of hydrogen-bond acceptors (Lipinski definition) is 11. The Morgan fingerprint density at radius 3 is 2.12 bits per heavy atom. The average molecular weight is 704 g/mol. The first-order valence-electron chi connectivity index (χ1n) is 16.5. The van der Waals surface area contributed by atoms with E-state index in [9.17, 15) is 54.6 Å². The molecule has 0 unspecified atom stereocenters. The smallest absolute Gasteiger partial charge is 0.253 e. The van der Waals surface area contributed by atoms with Crippen molar-refractivity contribution in [3.8, 4) is 5.75 Å². The average Bonchev–Trinajstić information content (AvgIpc) is 3.10. The van der Waals surface area contributed by atoms with Crippen molar-refractivity contribution in [2.24, 2.45) is 17.8 Å². The van der Waals surface area contributed by atoms with Gasteiger partial charge >= 0.3 is 0 Å². The van der Waals surface area contributed by atoms with Crippen LogP contribution in [0.3, 0.4) is 0 Å². The van der Waals surface area contributed by atoms with Crippen LogP contribution in [0.25, 0.3) is 5.76 Å². The molecule has 0 spiro atoms. The zero-order valence-electron chi connectivity index (χ0n) is 29.2. The van der Waals surface area contributed by atoms with Gasteiger partial charge in [0.1, 0.15) is 11.4 Å². The Morgan fingerprint density at radius 2 is 1.45 bits per heavy atom. The number of amides is 1. The van der Waals surface area contributed by atoms with E-state index >= 15 is 0 Å². The minimum absolute atomic E-state index is 0.0741. The molecule has 1 aliphatic carbocycles. The first-order chi connectivity index (χ1) is 24.0. The van der Waals surface area contributed by atoms with E-state index in [0.29, 0.717) is 5.57 Å². The Kier molecular flexibility index (Phi) is 14.1. The van der Waals surface area contributed by atoms with E-state index in [1.54, 1.807) is 45.1 Å². The van der Waals surface area contributed by atoms with Gasteiger partial charge in [-0.05, 0) is 50.0 Å². The maximum atomic E-state index is 13.8. The summed E-state index contributed by atoms with van der Waals surface area (Å²) >= 11 is 0. The Bertz CT molecular complexity index is 1790. The molecule has 3 aliphatic rings. The molecule has 4 rings (SSSR count). The third-order valence-electron chi connectivity index (χ3n) is 8.87. The first kappa shape index (κ1) is 40.4. The number of aryl methyl sites for hydroxylation is 1. The van der Waals surface area contributed by atoms with Crippen LogP contribution in [0.2, 0.25) is 0 Å². The number of hydrogen-bond donors (Lipinski definition) is 7. The highest BCUT2D eigenvalue weighted by molar-refractivity contribution is 6.53. The van der Waals surface area contributed by atoms with Gasteiger partial charge in [0.25, 0.3) is 5.78 Å². The highest BCUT2D eigenvalue weighted by atomic mass is 16.3. The van der Waals surface area contributed by atoms with E-state index in [1.807, 2.05) is 0 Å². The van der Waals surface area contributed by atoms with Crippen LogP contribution in [-0.4, -0.2) is 84.6 Å². The minimum Gasteiger partial charge on any atom is -0.507 e. The third-order valence-corrected chi connectivity index (χ3v) is 8.87. The van der Waals surface area contributed by atoms with Crippen LogP contribution in [0, 0.1) is 24.7 Å². The largest absolute Gasteiger partial charge is 0.507 e. The van der Waals surface area contributed by atoms with Gasteiger partial charge in [0.15, 0.2) is 17.3 Å². The van der Waals surface area contributed by atoms with Crippen LogP contribution in [0.1, 0.15) is 72.4 Å². The lowest BCUT2D eigenvalue weighted by molar-refractivity contribution is -0.118. The van der Waals surface area contributed by atoms with Crippen LogP contribution in [0.5, 0.6) is 5.75 Å². The summed E-state index contributed by atoms with van der Waals surface area (Å²) in [5, 5.41) is 66.4. The normalized spacial score (nSPS) is 31.0. The van der Waals surface area contributed by atoms with Crippen molar-refractivity contribution in [2.45, 2.75) is 65.8 Å². The fraction of sp³-hybridized carbons (Fsp3) is 0.359. The van der Waals surface area contributed by atoms with Gasteiger partial charge in [-0.15, -0.1) is 0 Å². The molecule has 2 aliphatic heterocycles. The van der Waals surface area contributed by atoms with Gasteiger partial charge in [0, 0.05) is 35.8 Å². The maximum absolute atomic E-state index is 13.8. The Labute approximate surface area is 296 Å². The minimum atomic E-state index is -1.33. The van der Waals surface area contributed by atoms with E-state index in [1.165, 1.54) is 50.3 Å². The second kappa shape index (κ2) is 17.8. The lowest BCUT2D eigenvalue weighted by Gasteiger charge is -2.24. The van der Waals surface area contributed by atoms with E-state index in [2.05, 4.69) is 5.32 Å². The van der Waals surface area contributed by atoms with Gasteiger partial charge in [-0.3, -0.25) is 24.0 Å². The van der Waals surface area contributed by atoms with E-state index < -0.39 is 94.3 Å². The van der Waals surface area contributed by atoms with Gasteiger partial charge in [-0.25, -0.2) is 0 Å². The summed E-state index contributed by atoms with van der Waals surface area (Å²) in [6.07, 6.45) is 11.1. The number of allylic oxidation sites excluding steroid dienone is 7. The monoisotopic (exact) mass is 703 g/mol. The molecule has 12 heteroatoms. The Balaban J connectivity index is 2.10. The van der Waals surface area contributed by atoms with Crippen molar-refractivity contribution in [1.29, 1.82) is 0 Å². The predicted molar refractivity (Wildman–Crippen MR) is 189 cm³/mol. The number of aliphatic hydroxyl groups is 5. The van der Waals surface area contributed by atoms with Gasteiger partial charge in [-0.2, -0.15) is 0 Å². The summed E-state index contributed by atoms with van der Waals surface area (Å²) < 4.78 is 0. The molecule has 2 heterocycles. The zero-order valence-corrected chi connectivity index (χ0v) is 29.2. The molecule has 7 N–H and O–H groups in total. The summed E-state index contributed by atoms with van der Waals surface area (Å²) in [5.41, 5.74) is -1.79. The maximum Gasteiger partial charge on any atom is 0.253 e. The standard InChI is InChI=1S/C39H45NO11/c1-20-10-8-6-7-9-11-30(45)40-33-37(49)27-17-24(5)36(48)32(31(27)38(50)39(33)51)35(47)23(4)16-25(19-41)34(46)22(3)13-15-26(42)14-12-21(2)29(44)18-28(20)43/h6-13,15-17,20,22,25-26,28,34,41-43,46,48-49H,14,18-19H2,1-5H3,(H,40,45)/b7-6+,10-8-,11-9-,15-13+,21-12+,23-16+/t20-,22-,25+,26-,28-,34-/m0/s1. The third kappa shape index (κ3) is 9.83. The number of phenols is 1. The highest BCUT2D eigenvalue weighted by Crippen LogP contribution is 2.37. The van der Waals surface area contributed by atoms with E-state index in [-0.39, 0.29) is 35.3 Å². The summed E-state index contributed by atoms with van der Waals surface area (Å²) in [4.78, 5) is 65.6. The molecule has 0 saturated heterocycles. The molecule has 272 valence electrons. The van der Waals surface area contributed by atoms with Crippen LogP contribution in [0.4, 0.5) is 0 Å². The summed E-state index contributed by atoms with van der Waals surface area (Å²) in [7, 11) is 0. The van der Waals surface area contributed by atoms with Crippen LogP contribution in [-0.2, 0) is 14.4 Å². The summed E-state index contributed by atoms with van der Waals surface area (Å²) in [5.74, 6) is -8.16. The van der Waals surface area contributed by atoms with Gasteiger partial charge in [-0.1, -0.05) is 68.5 Å². The van der Waals surface area contributed by atoms with Crippen molar-refractivity contribution in [3.63, 3.8) is 0 Å². The Hall–Kier alpha value is -5.01. The van der Waals surface area contributed by atoms with Gasteiger partial charge in [0.2, 0.25) is 11.7 Å². The van der Waals surface area contributed by atoms with E-state index in [0.717, 1.165) is 6.08 Å². The molecular formula is C39H45NO11. The molecule has 12 nitrogen and oxygen atoms in total. The predicted octanol–water partition coefficient (Wildman–Crippen LogP) is 3.44. The fourth-order valence-corrected chi connectivity index (χ4v) is 5.53. The number of fused-ring (bicyclic) bond motifs is 18. The number of aliphatic hydroxyl groups excluding tert-OH is 5. The first-order valence-corrected chi connectivity index (χ1v) is 16.5. The molecule has 1 amide bonds. The number of rotatable bonds is 1. The van der Waals surface area contributed by atoms with Crippen molar-refractivity contribution in [2.75, 3.05) is 6.61 Å². The Morgan fingerprint density at radius 1 is 0.784 bits per heavy atom. The lowest BCUT2D eigenvalue weighted by atomic mass is 9.82. The zero-order chi connectivity index (χ0) is 38.2. The number of Topliss-reactive ketones (excluding diaryl/α,β-unsaturated/α-hetero) is 4. The topological polar surface area (TPSA) is 219 Å². The SMILES string of the molecule is C/C1=C\C[C@H](O)/C=C/[C@H](C)[C@H](O)[C@@H](CO)/C=C(\C)C(=O)c2c(O)c(C)cc3c2C(=O)C(=O)C(=C3O)NC(=O)\C=C/C=C/C=C\[C@H](C)[C@@H](O)CC1=O. The molecule has 1 aromatic carbocycles. The van der Waals surface area contributed by atoms with Crippen LogP contribution < -0.4 is 5.32 Å². The summed E-state index contributed by atoms with van der Waals surface area (Å²) in [6.45, 7) is 7.05. The van der Waals surface area contributed by atoms with Crippen molar-refractivity contribution < 1.29 is 54.6 Å². The highest BCUT2D eigenvalue weighted by Gasteiger charge is 2.39. The second-order valence-electron chi connectivity index (χ2n) is 12.8. The summed E-state index contributed by atoms with van der Waals surface area (Å²) in [6, 6.07) is 1.20. The van der Waals surface area contributed by atoms with Crippen molar-refractivity contribution >= 4 is 34.8 Å².